The van der Waals surface area contributed by atoms with Crippen molar-refractivity contribution in [3.05, 3.63) is 0 Å². The van der Waals surface area contributed by atoms with Crippen molar-refractivity contribution in [3.63, 3.8) is 0 Å². The second kappa shape index (κ2) is 8.12. The maximum Gasteiger partial charge on any atom is 0.326 e. The molecule has 0 bridgehead atoms. The molecule has 0 aromatic heterocycles. The van der Waals surface area contributed by atoms with E-state index in [0.717, 1.165) is 31.6 Å². The van der Waals surface area contributed by atoms with Gasteiger partial charge in [-0.25, -0.2) is 9.59 Å². The number of carbonyl (C=O) groups is 2. The molecule has 3 N–H and O–H groups in total. The molecule has 5 heteroatoms. The number of amides is 2. The van der Waals surface area contributed by atoms with Crippen LogP contribution in [0.15, 0.2) is 0 Å². The third kappa shape index (κ3) is 5.39. The second-order valence-electron chi connectivity index (χ2n) is 6.18. The van der Waals surface area contributed by atoms with Crippen molar-refractivity contribution in [2.45, 2.75) is 71.4 Å². The molecule has 0 saturated heterocycles. The van der Waals surface area contributed by atoms with Crippen LogP contribution in [0.25, 0.3) is 0 Å². The predicted molar refractivity (Wildman–Crippen MR) is 78.6 cm³/mol. The molecule has 116 valence electrons. The fraction of sp³-hybridized carbons (Fsp3) is 0.867. The Morgan fingerprint density at radius 1 is 1.20 bits per heavy atom. The van der Waals surface area contributed by atoms with Crippen LogP contribution in [0.4, 0.5) is 4.79 Å². The Kier molecular flexibility index (Phi) is 6.82. The molecule has 1 aliphatic rings. The van der Waals surface area contributed by atoms with Gasteiger partial charge in [-0.1, -0.05) is 33.6 Å². The van der Waals surface area contributed by atoms with Gasteiger partial charge in [0, 0.05) is 6.04 Å². The molecule has 2 amide bonds. The van der Waals surface area contributed by atoms with Crippen molar-refractivity contribution < 1.29 is 14.7 Å². The van der Waals surface area contributed by atoms with Crippen LogP contribution in [-0.2, 0) is 4.79 Å². The monoisotopic (exact) mass is 284 g/mol. The van der Waals surface area contributed by atoms with Crippen molar-refractivity contribution in [2.75, 3.05) is 0 Å². The van der Waals surface area contributed by atoms with Crippen LogP contribution in [-0.4, -0.2) is 29.2 Å². The van der Waals surface area contributed by atoms with Gasteiger partial charge in [0.15, 0.2) is 0 Å². The highest BCUT2D eigenvalue weighted by atomic mass is 16.4. The summed E-state index contributed by atoms with van der Waals surface area (Å²) >= 11 is 0. The first-order chi connectivity index (χ1) is 9.43. The van der Waals surface area contributed by atoms with Crippen LogP contribution in [0.1, 0.15) is 59.3 Å². The summed E-state index contributed by atoms with van der Waals surface area (Å²) < 4.78 is 0. The fourth-order valence-electron chi connectivity index (χ4n) is 2.89. The molecule has 0 spiro atoms. The van der Waals surface area contributed by atoms with Crippen LogP contribution in [0.3, 0.4) is 0 Å². The van der Waals surface area contributed by atoms with Crippen molar-refractivity contribution in [2.24, 2.45) is 11.8 Å². The van der Waals surface area contributed by atoms with Crippen LogP contribution in [0, 0.1) is 11.8 Å². The van der Waals surface area contributed by atoms with E-state index < -0.39 is 12.0 Å². The molecule has 0 heterocycles. The third-order valence-electron chi connectivity index (χ3n) is 4.10. The molecule has 0 aliphatic heterocycles. The van der Waals surface area contributed by atoms with Crippen molar-refractivity contribution >= 4 is 12.0 Å². The summed E-state index contributed by atoms with van der Waals surface area (Å²) in [6.07, 6.45) is 6.80. The molecule has 1 saturated carbocycles. The highest BCUT2D eigenvalue weighted by molar-refractivity contribution is 5.82. The molecule has 1 aliphatic carbocycles. The van der Waals surface area contributed by atoms with E-state index >= 15 is 0 Å². The lowest BCUT2D eigenvalue weighted by molar-refractivity contribution is -0.140. The Labute approximate surface area is 121 Å². The standard InChI is InChI=1S/C15H28N2O3/c1-4-5-11-6-8-12(9-7-11)16-15(20)17-13(10(2)3)14(18)19/h10-13H,4-9H2,1-3H3,(H,18,19)(H2,16,17,20)/t11?,12?,13-/m0/s1. The number of carbonyl (C=O) groups excluding carboxylic acids is 1. The first-order valence-electron chi connectivity index (χ1n) is 7.73. The number of aliphatic carboxylic acids is 1. The highest BCUT2D eigenvalue weighted by Gasteiger charge is 2.26. The van der Waals surface area contributed by atoms with Gasteiger partial charge in [0.2, 0.25) is 0 Å². The lowest BCUT2D eigenvalue weighted by Crippen LogP contribution is -2.51. The van der Waals surface area contributed by atoms with Crippen molar-refractivity contribution in [1.82, 2.24) is 10.6 Å². The molecule has 1 rings (SSSR count). The van der Waals surface area contributed by atoms with Gasteiger partial charge >= 0.3 is 12.0 Å². The van der Waals surface area contributed by atoms with Crippen LogP contribution in [0.5, 0.6) is 0 Å². The van der Waals surface area contributed by atoms with Gasteiger partial charge < -0.3 is 15.7 Å². The third-order valence-corrected chi connectivity index (χ3v) is 4.10. The van der Waals surface area contributed by atoms with E-state index in [1.807, 2.05) is 0 Å². The Morgan fingerprint density at radius 3 is 2.25 bits per heavy atom. The molecule has 1 fully saturated rings. The number of hydrogen-bond donors (Lipinski definition) is 3. The smallest absolute Gasteiger partial charge is 0.326 e. The number of carboxylic acids is 1. The van der Waals surface area contributed by atoms with E-state index in [0.29, 0.717) is 0 Å². The molecular formula is C15H28N2O3. The van der Waals surface area contributed by atoms with E-state index in [4.69, 9.17) is 5.11 Å². The minimum absolute atomic E-state index is 0.126. The Bertz CT molecular complexity index is 323. The predicted octanol–water partition coefficient (Wildman–Crippen LogP) is 2.75. The normalized spacial score (nSPS) is 24.2. The molecule has 1 atom stereocenters. The minimum Gasteiger partial charge on any atom is -0.480 e. The lowest BCUT2D eigenvalue weighted by Gasteiger charge is -2.29. The maximum atomic E-state index is 11.9. The lowest BCUT2D eigenvalue weighted by atomic mass is 9.83. The molecule has 5 nitrogen and oxygen atoms in total. The number of urea groups is 1. The van der Waals surface area contributed by atoms with E-state index in [9.17, 15) is 9.59 Å². The van der Waals surface area contributed by atoms with E-state index in [1.54, 1.807) is 13.8 Å². The molecule has 0 aromatic rings. The largest absolute Gasteiger partial charge is 0.480 e. The Balaban J connectivity index is 2.34. The van der Waals surface area contributed by atoms with E-state index in [2.05, 4.69) is 17.6 Å². The molecule has 20 heavy (non-hydrogen) atoms. The Hall–Kier alpha value is -1.26. The summed E-state index contributed by atoms with van der Waals surface area (Å²) in [7, 11) is 0. The van der Waals surface area contributed by atoms with Crippen LogP contribution >= 0.6 is 0 Å². The molecule has 0 aromatic carbocycles. The molecule has 0 radical (unpaired) electrons. The molecular weight excluding hydrogens is 256 g/mol. The number of nitrogens with one attached hydrogen (secondary N) is 2. The van der Waals surface area contributed by atoms with E-state index in [-0.39, 0.29) is 18.0 Å². The fourth-order valence-corrected chi connectivity index (χ4v) is 2.89. The van der Waals surface area contributed by atoms with E-state index in [1.165, 1.54) is 12.8 Å². The molecule has 0 unspecified atom stereocenters. The first-order valence-corrected chi connectivity index (χ1v) is 7.73. The average Bonchev–Trinajstić information content (AvgIpc) is 2.38. The SMILES string of the molecule is CCCC1CCC(NC(=O)N[C@H](C(=O)O)C(C)C)CC1. The quantitative estimate of drug-likeness (QED) is 0.701. The van der Waals surface area contributed by atoms with Gasteiger partial charge in [0.25, 0.3) is 0 Å². The second-order valence-corrected chi connectivity index (χ2v) is 6.18. The summed E-state index contributed by atoms with van der Waals surface area (Å²) in [4.78, 5) is 22.9. The summed E-state index contributed by atoms with van der Waals surface area (Å²) in [6.45, 7) is 5.78. The van der Waals surface area contributed by atoms with Gasteiger partial charge in [-0.3, -0.25) is 0 Å². The van der Waals surface area contributed by atoms with Crippen LogP contribution < -0.4 is 10.6 Å². The zero-order chi connectivity index (χ0) is 15.1. The highest BCUT2D eigenvalue weighted by Crippen LogP contribution is 2.27. The van der Waals surface area contributed by atoms with Crippen molar-refractivity contribution in [1.29, 1.82) is 0 Å². The number of carboxylic acid groups (broad SMARTS) is 1. The topological polar surface area (TPSA) is 78.4 Å². The number of hydrogen-bond acceptors (Lipinski definition) is 2. The summed E-state index contributed by atoms with van der Waals surface area (Å²) in [5.74, 6) is -0.316. The Morgan fingerprint density at radius 2 is 1.80 bits per heavy atom. The number of rotatable bonds is 6. The maximum absolute atomic E-state index is 11.9. The van der Waals surface area contributed by atoms with Gasteiger partial charge in [-0.05, 0) is 37.5 Å². The summed E-state index contributed by atoms with van der Waals surface area (Å²) in [5.41, 5.74) is 0. The zero-order valence-corrected chi connectivity index (χ0v) is 12.8. The van der Waals surface area contributed by atoms with Crippen LogP contribution in [0.2, 0.25) is 0 Å². The zero-order valence-electron chi connectivity index (χ0n) is 12.8. The van der Waals surface area contributed by atoms with Gasteiger partial charge in [0.1, 0.15) is 6.04 Å². The summed E-state index contributed by atoms with van der Waals surface area (Å²) in [5, 5.41) is 14.5. The van der Waals surface area contributed by atoms with Gasteiger partial charge in [0.05, 0.1) is 0 Å². The minimum atomic E-state index is -0.984. The van der Waals surface area contributed by atoms with Gasteiger partial charge in [-0.15, -0.1) is 0 Å². The summed E-state index contributed by atoms with van der Waals surface area (Å²) in [6, 6.07) is -0.999. The average molecular weight is 284 g/mol. The van der Waals surface area contributed by atoms with Crippen molar-refractivity contribution in [3.8, 4) is 0 Å². The van der Waals surface area contributed by atoms with Gasteiger partial charge in [-0.2, -0.15) is 0 Å². The first kappa shape index (κ1) is 16.8.